The molecule has 0 rings (SSSR count). The Morgan fingerprint density at radius 2 is 1.14 bits per heavy atom. The van der Waals surface area contributed by atoms with Crippen LogP contribution in [-0.2, 0) is 33.3 Å². The average Bonchev–Trinajstić information content (AvgIpc) is 2.67. The molecule has 9 nitrogen and oxygen atoms in total. The van der Waals surface area contributed by atoms with Gasteiger partial charge in [-0.3, -0.25) is 14.4 Å². The topological polar surface area (TPSA) is 120 Å². The zero-order valence-electron chi connectivity index (χ0n) is 17.6. The van der Waals surface area contributed by atoms with Gasteiger partial charge in [0.05, 0.1) is 52.9 Å². The van der Waals surface area contributed by atoms with E-state index in [2.05, 4.69) is 5.32 Å². The molecule has 0 aromatic rings. The Bertz CT molecular complexity index is 431. The summed E-state index contributed by atoms with van der Waals surface area (Å²) in [4.78, 5) is 32.7. The van der Waals surface area contributed by atoms with Crippen molar-refractivity contribution in [2.45, 2.75) is 51.9 Å². The fourth-order valence-corrected chi connectivity index (χ4v) is 2.24. The first-order valence-electron chi connectivity index (χ1n) is 10.3. The number of nitrogens with one attached hydrogen (secondary N) is 1. The van der Waals surface area contributed by atoms with Gasteiger partial charge in [0.15, 0.2) is 0 Å². The number of carboxylic acids is 1. The van der Waals surface area contributed by atoms with Crippen molar-refractivity contribution in [3.8, 4) is 0 Å². The number of carbonyl (C=O) groups is 3. The molecule has 0 unspecified atom stereocenters. The Morgan fingerprint density at radius 1 is 0.655 bits per heavy atom. The predicted octanol–water partition coefficient (Wildman–Crippen LogP) is 1.57. The maximum atomic E-state index is 11.6. The van der Waals surface area contributed by atoms with E-state index >= 15 is 0 Å². The van der Waals surface area contributed by atoms with Crippen LogP contribution in [0.3, 0.4) is 0 Å². The molecule has 0 aliphatic carbocycles. The summed E-state index contributed by atoms with van der Waals surface area (Å²) in [5.74, 6) is -0.665. The number of carbonyl (C=O) groups excluding carboxylic acids is 2. The van der Waals surface area contributed by atoms with Crippen LogP contribution in [0.25, 0.3) is 0 Å². The summed E-state index contributed by atoms with van der Waals surface area (Å²) in [6, 6.07) is 0. The second kappa shape index (κ2) is 21.2. The minimum atomic E-state index is -0.773. The fourth-order valence-electron chi connectivity index (χ4n) is 2.24. The standard InChI is InChI=1S/C20H37NO8/c1-18(22)8-10-26-12-14-28-16-17-29-15-13-27-11-9-21-19(23)6-4-2-3-5-7-20(24)25/h2-17H2,1H3,(H,21,23)(H,24,25). The van der Waals surface area contributed by atoms with Gasteiger partial charge in [0, 0.05) is 25.8 Å². The molecule has 0 spiro atoms. The summed E-state index contributed by atoms with van der Waals surface area (Å²) in [6.45, 7) is 5.66. The molecule has 0 aliphatic rings. The van der Waals surface area contributed by atoms with Crippen LogP contribution in [0.4, 0.5) is 0 Å². The molecular formula is C20H37NO8. The lowest BCUT2D eigenvalue weighted by molar-refractivity contribution is -0.137. The van der Waals surface area contributed by atoms with E-state index in [0.29, 0.717) is 78.7 Å². The quantitative estimate of drug-likeness (QED) is 0.254. The van der Waals surface area contributed by atoms with Gasteiger partial charge >= 0.3 is 5.97 Å². The lowest BCUT2D eigenvalue weighted by atomic mass is 10.1. The van der Waals surface area contributed by atoms with Gasteiger partial charge in [0.25, 0.3) is 0 Å². The van der Waals surface area contributed by atoms with Gasteiger partial charge in [-0.25, -0.2) is 0 Å². The highest BCUT2D eigenvalue weighted by Crippen LogP contribution is 2.05. The summed E-state index contributed by atoms with van der Waals surface area (Å²) in [6.07, 6.45) is 4.22. The predicted molar refractivity (Wildman–Crippen MR) is 107 cm³/mol. The number of ether oxygens (including phenoxy) is 4. The van der Waals surface area contributed by atoms with Gasteiger partial charge in [0.2, 0.25) is 5.91 Å². The third kappa shape index (κ3) is 24.4. The van der Waals surface area contributed by atoms with E-state index in [9.17, 15) is 14.4 Å². The van der Waals surface area contributed by atoms with E-state index in [4.69, 9.17) is 24.1 Å². The summed E-state index contributed by atoms with van der Waals surface area (Å²) in [5.41, 5.74) is 0. The van der Waals surface area contributed by atoms with Crippen molar-refractivity contribution in [2.24, 2.45) is 0 Å². The molecule has 0 atom stereocenters. The van der Waals surface area contributed by atoms with Crippen LogP contribution < -0.4 is 5.32 Å². The molecule has 0 heterocycles. The minimum Gasteiger partial charge on any atom is -0.481 e. The molecule has 0 radical (unpaired) electrons. The van der Waals surface area contributed by atoms with Crippen LogP contribution >= 0.6 is 0 Å². The second-order valence-electron chi connectivity index (χ2n) is 6.56. The molecule has 9 heteroatoms. The van der Waals surface area contributed by atoms with Gasteiger partial charge in [-0.1, -0.05) is 12.8 Å². The van der Waals surface area contributed by atoms with Gasteiger partial charge in [-0.2, -0.15) is 0 Å². The third-order valence-electron chi connectivity index (χ3n) is 3.83. The van der Waals surface area contributed by atoms with Crippen LogP contribution in [0.5, 0.6) is 0 Å². The van der Waals surface area contributed by atoms with E-state index in [0.717, 1.165) is 19.3 Å². The minimum absolute atomic E-state index is 0.00879. The first-order chi connectivity index (χ1) is 14.0. The smallest absolute Gasteiger partial charge is 0.303 e. The Hall–Kier alpha value is -1.55. The number of unbranched alkanes of at least 4 members (excludes halogenated alkanes) is 3. The molecule has 0 bridgehead atoms. The highest BCUT2D eigenvalue weighted by atomic mass is 16.6. The van der Waals surface area contributed by atoms with Crippen molar-refractivity contribution in [2.75, 3.05) is 59.4 Å². The van der Waals surface area contributed by atoms with Crippen molar-refractivity contribution in [1.82, 2.24) is 5.32 Å². The summed E-state index contributed by atoms with van der Waals surface area (Å²) in [5, 5.41) is 11.3. The van der Waals surface area contributed by atoms with Gasteiger partial charge in [-0.15, -0.1) is 0 Å². The number of carboxylic acid groups (broad SMARTS) is 1. The molecule has 1 amide bonds. The van der Waals surface area contributed by atoms with Crippen LogP contribution in [0.1, 0.15) is 51.9 Å². The fraction of sp³-hybridized carbons (Fsp3) is 0.850. The largest absolute Gasteiger partial charge is 0.481 e. The van der Waals surface area contributed by atoms with Crippen LogP contribution in [0.15, 0.2) is 0 Å². The molecular weight excluding hydrogens is 382 g/mol. The molecule has 0 fully saturated rings. The van der Waals surface area contributed by atoms with Crippen LogP contribution in [-0.4, -0.2) is 82.2 Å². The van der Waals surface area contributed by atoms with Crippen molar-refractivity contribution in [3.63, 3.8) is 0 Å². The molecule has 0 aromatic heterocycles. The van der Waals surface area contributed by atoms with Gasteiger partial charge in [-0.05, 0) is 19.8 Å². The zero-order chi connectivity index (χ0) is 21.6. The SMILES string of the molecule is CC(=O)CCOCCOCCOCCOCCNC(=O)CCCCCCC(=O)O. The molecule has 0 saturated carbocycles. The Balaban J connectivity index is 3.16. The normalized spacial score (nSPS) is 10.8. The molecule has 170 valence electrons. The lowest BCUT2D eigenvalue weighted by Crippen LogP contribution is -2.27. The molecule has 0 aliphatic heterocycles. The first-order valence-corrected chi connectivity index (χ1v) is 10.3. The van der Waals surface area contributed by atoms with Crippen molar-refractivity contribution < 1.29 is 38.4 Å². The average molecular weight is 420 g/mol. The zero-order valence-corrected chi connectivity index (χ0v) is 17.6. The first kappa shape index (κ1) is 27.5. The highest BCUT2D eigenvalue weighted by molar-refractivity contribution is 5.75. The van der Waals surface area contributed by atoms with Crippen molar-refractivity contribution >= 4 is 17.7 Å². The number of amides is 1. The maximum Gasteiger partial charge on any atom is 0.303 e. The van der Waals surface area contributed by atoms with E-state index in [-0.39, 0.29) is 18.1 Å². The van der Waals surface area contributed by atoms with Crippen LogP contribution in [0, 0.1) is 0 Å². The Kier molecular flexibility index (Phi) is 20.0. The van der Waals surface area contributed by atoms with E-state index in [1.54, 1.807) is 0 Å². The van der Waals surface area contributed by atoms with E-state index < -0.39 is 5.97 Å². The molecule has 0 aromatic carbocycles. The van der Waals surface area contributed by atoms with Crippen molar-refractivity contribution in [3.05, 3.63) is 0 Å². The van der Waals surface area contributed by atoms with Crippen molar-refractivity contribution in [1.29, 1.82) is 0 Å². The monoisotopic (exact) mass is 419 g/mol. The number of ketones is 1. The highest BCUT2D eigenvalue weighted by Gasteiger charge is 2.01. The summed E-state index contributed by atoms with van der Waals surface area (Å²) < 4.78 is 21.3. The second-order valence-corrected chi connectivity index (χ2v) is 6.56. The van der Waals surface area contributed by atoms with Gasteiger partial charge in [0.1, 0.15) is 5.78 Å². The number of rotatable bonds is 22. The lowest BCUT2D eigenvalue weighted by Gasteiger charge is -2.08. The Labute approximate surface area is 173 Å². The molecule has 0 saturated heterocycles. The summed E-state index contributed by atoms with van der Waals surface area (Å²) >= 11 is 0. The number of hydrogen-bond donors (Lipinski definition) is 2. The summed E-state index contributed by atoms with van der Waals surface area (Å²) in [7, 11) is 0. The Morgan fingerprint density at radius 3 is 1.66 bits per heavy atom. The van der Waals surface area contributed by atoms with Gasteiger partial charge < -0.3 is 29.4 Å². The van der Waals surface area contributed by atoms with E-state index in [1.807, 2.05) is 0 Å². The van der Waals surface area contributed by atoms with E-state index in [1.165, 1.54) is 6.92 Å². The number of aliphatic carboxylic acids is 1. The molecule has 2 N–H and O–H groups in total. The number of hydrogen-bond acceptors (Lipinski definition) is 7. The third-order valence-corrected chi connectivity index (χ3v) is 3.83. The molecule has 29 heavy (non-hydrogen) atoms. The number of Topliss-reactive ketones (excluding diaryl/α,β-unsaturated/α-hetero) is 1. The van der Waals surface area contributed by atoms with Crippen LogP contribution in [0.2, 0.25) is 0 Å². The maximum absolute atomic E-state index is 11.6.